The number of aryl methyl sites for hydroxylation is 1. The number of carbonyl (C=O) groups excluding carboxylic acids is 1. The van der Waals surface area contributed by atoms with E-state index in [1.807, 2.05) is 6.92 Å². The van der Waals surface area contributed by atoms with Gasteiger partial charge in [-0.25, -0.2) is 0 Å². The molecule has 2 aromatic carbocycles. The van der Waals surface area contributed by atoms with Crippen molar-refractivity contribution in [1.82, 2.24) is 14.9 Å². The minimum absolute atomic E-state index is 0.0853. The molecular weight excluding hydrogens is 582 g/mol. The highest BCUT2D eigenvalue weighted by atomic mass is 35.5. The number of benzene rings is 2. The molecule has 0 unspecified atom stereocenters. The summed E-state index contributed by atoms with van der Waals surface area (Å²) in [6.07, 6.45) is -1.51. The predicted molar refractivity (Wildman–Crippen MR) is 151 cm³/mol. The van der Waals surface area contributed by atoms with Crippen LogP contribution in [0.4, 0.5) is 13.2 Å². The Morgan fingerprint density at radius 3 is 2.39 bits per heavy atom. The molecule has 0 saturated heterocycles. The van der Waals surface area contributed by atoms with E-state index in [0.29, 0.717) is 41.4 Å². The second kappa shape index (κ2) is 11.9. The Morgan fingerprint density at radius 2 is 1.76 bits per heavy atom. The number of aromatic nitrogens is 2. The van der Waals surface area contributed by atoms with E-state index in [2.05, 4.69) is 10.3 Å². The second-order valence-corrected chi connectivity index (χ2v) is 10.2. The van der Waals surface area contributed by atoms with E-state index in [1.54, 1.807) is 43.6 Å². The van der Waals surface area contributed by atoms with Gasteiger partial charge in [-0.15, -0.1) is 0 Å². The summed E-state index contributed by atoms with van der Waals surface area (Å²) >= 11 is 11.5. The van der Waals surface area contributed by atoms with E-state index >= 15 is 0 Å². The van der Waals surface area contributed by atoms with Gasteiger partial charge in [0.15, 0.2) is 0 Å². The van der Waals surface area contributed by atoms with Crippen LogP contribution < -0.4 is 10.9 Å². The van der Waals surface area contributed by atoms with Crippen LogP contribution in [0.1, 0.15) is 39.2 Å². The number of aliphatic carboxylic acids is 1. The molecule has 0 aliphatic heterocycles. The van der Waals surface area contributed by atoms with Gasteiger partial charge in [0.25, 0.3) is 11.5 Å². The Balaban J connectivity index is 0.000000221. The van der Waals surface area contributed by atoms with E-state index in [9.17, 15) is 27.6 Å². The zero-order chi connectivity index (χ0) is 30.1. The number of carboxylic acid groups (broad SMARTS) is 1. The van der Waals surface area contributed by atoms with Crippen molar-refractivity contribution >= 4 is 46.0 Å². The summed E-state index contributed by atoms with van der Waals surface area (Å²) in [6.45, 7) is 1.38. The summed E-state index contributed by atoms with van der Waals surface area (Å²) in [5.74, 6) is -1.74. The monoisotopic (exact) mass is 605 g/mol. The highest BCUT2D eigenvalue weighted by Crippen LogP contribution is 2.43. The van der Waals surface area contributed by atoms with Crippen LogP contribution in [0.25, 0.3) is 22.0 Å². The Morgan fingerprint density at radius 1 is 1.07 bits per heavy atom. The highest BCUT2D eigenvalue weighted by molar-refractivity contribution is 6.39. The number of nitrogens with zero attached hydrogens (tertiary/aromatic N) is 2. The van der Waals surface area contributed by atoms with Gasteiger partial charge in [-0.05, 0) is 61.1 Å². The van der Waals surface area contributed by atoms with Crippen molar-refractivity contribution in [2.45, 2.75) is 32.4 Å². The molecule has 0 saturated carbocycles. The zero-order valence-electron chi connectivity index (χ0n) is 21.9. The van der Waals surface area contributed by atoms with Gasteiger partial charge in [-0.1, -0.05) is 47.5 Å². The second-order valence-electron chi connectivity index (χ2n) is 9.39. The standard InChI is InChI=1S/C20H17F3N2O.C9H7Cl2NO3/c1-11-8-9-12(13-6-4-10-24-18(11)13)16-17(20(21,22)23)14-5-3-7-15(14)25(2)19(16)26;10-5-2-1-3-6(11)8(5)9(15)12-4-7(13)14/h4,6,8-10H,3,5,7H2,1-2H3;1-3H,4H2,(H,12,15)(H,13,14). The van der Waals surface area contributed by atoms with Crippen LogP contribution >= 0.6 is 23.2 Å². The van der Waals surface area contributed by atoms with Gasteiger partial charge in [0.05, 0.1) is 32.3 Å². The first-order valence-corrected chi connectivity index (χ1v) is 13.2. The number of hydrogen-bond donors (Lipinski definition) is 2. The lowest BCUT2D eigenvalue weighted by molar-refractivity contribution is -0.138. The van der Waals surface area contributed by atoms with Gasteiger partial charge in [-0.2, -0.15) is 13.2 Å². The SMILES string of the molecule is Cc1ccc(-c2c(C(F)(F)F)c3c(n(C)c2=O)CCC3)c2cccnc12.O=C(O)CNC(=O)c1c(Cl)cccc1Cl. The number of fused-ring (bicyclic) bond motifs is 2. The zero-order valence-corrected chi connectivity index (χ0v) is 23.4. The number of amides is 1. The molecule has 12 heteroatoms. The van der Waals surface area contributed by atoms with Gasteiger partial charge >= 0.3 is 12.1 Å². The van der Waals surface area contributed by atoms with Gasteiger partial charge in [0, 0.05) is 24.3 Å². The van der Waals surface area contributed by atoms with Crippen molar-refractivity contribution in [3.8, 4) is 11.1 Å². The number of rotatable bonds is 4. The Labute approximate surface area is 242 Å². The number of pyridine rings is 2. The Hall–Kier alpha value is -3.89. The van der Waals surface area contributed by atoms with E-state index in [1.165, 1.54) is 16.7 Å². The lowest BCUT2D eigenvalue weighted by atomic mass is 9.92. The molecule has 0 bridgehead atoms. The molecule has 1 aliphatic carbocycles. The van der Waals surface area contributed by atoms with E-state index in [4.69, 9.17) is 28.3 Å². The molecule has 1 amide bonds. The average molecular weight is 606 g/mol. The summed E-state index contributed by atoms with van der Waals surface area (Å²) in [4.78, 5) is 38.9. The average Bonchev–Trinajstić information content (AvgIpc) is 3.39. The van der Waals surface area contributed by atoms with Crippen molar-refractivity contribution in [2.24, 2.45) is 7.05 Å². The number of nitrogens with one attached hydrogen (secondary N) is 1. The topological polar surface area (TPSA) is 101 Å². The van der Waals surface area contributed by atoms with Crippen LogP contribution in [0.2, 0.25) is 10.0 Å². The smallest absolute Gasteiger partial charge is 0.417 e. The largest absolute Gasteiger partial charge is 0.480 e. The molecular formula is C29H24Cl2F3N3O4. The minimum atomic E-state index is -4.59. The fourth-order valence-corrected chi connectivity index (χ4v) is 5.54. The molecule has 7 nitrogen and oxygen atoms in total. The van der Waals surface area contributed by atoms with Gasteiger partial charge in [0.1, 0.15) is 6.54 Å². The molecule has 2 aromatic heterocycles. The maximum Gasteiger partial charge on any atom is 0.417 e. The Bertz CT molecular complexity index is 1720. The molecule has 1 aliphatic rings. The number of carbonyl (C=O) groups is 2. The van der Waals surface area contributed by atoms with E-state index < -0.39 is 35.7 Å². The van der Waals surface area contributed by atoms with Crippen molar-refractivity contribution in [2.75, 3.05) is 6.54 Å². The molecule has 41 heavy (non-hydrogen) atoms. The first-order valence-electron chi connectivity index (χ1n) is 12.4. The third-order valence-corrected chi connectivity index (χ3v) is 7.41. The van der Waals surface area contributed by atoms with Crippen molar-refractivity contribution in [3.05, 3.63) is 97.0 Å². The van der Waals surface area contributed by atoms with Crippen LogP contribution in [0.15, 0.2) is 53.5 Å². The van der Waals surface area contributed by atoms with Crippen LogP contribution in [0.3, 0.4) is 0 Å². The molecule has 0 fully saturated rings. The lowest BCUT2D eigenvalue weighted by Gasteiger charge is -2.20. The van der Waals surface area contributed by atoms with E-state index in [0.717, 1.165) is 5.56 Å². The fraction of sp³-hybridized carbons (Fsp3) is 0.241. The summed E-state index contributed by atoms with van der Waals surface area (Å²) in [5, 5.41) is 11.5. The number of alkyl halides is 3. The molecule has 0 atom stereocenters. The molecule has 214 valence electrons. The highest BCUT2D eigenvalue weighted by Gasteiger charge is 2.41. The molecule has 2 heterocycles. The Kier molecular flexibility index (Phi) is 8.74. The molecule has 0 radical (unpaired) electrons. The fourth-order valence-electron chi connectivity index (χ4n) is 4.97. The summed E-state index contributed by atoms with van der Waals surface area (Å²) < 4.78 is 43.4. The molecule has 0 spiro atoms. The number of carboxylic acids is 1. The summed E-state index contributed by atoms with van der Waals surface area (Å²) in [6, 6.07) is 11.3. The third kappa shape index (κ3) is 6.08. The van der Waals surface area contributed by atoms with Crippen molar-refractivity contribution in [3.63, 3.8) is 0 Å². The van der Waals surface area contributed by atoms with Crippen LogP contribution in [-0.4, -0.2) is 33.1 Å². The van der Waals surface area contributed by atoms with Crippen LogP contribution in [0, 0.1) is 6.92 Å². The number of halogens is 5. The first-order chi connectivity index (χ1) is 19.3. The van der Waals surface area contributed by atoms with Gasteiger partial charge in [-0.3, -0.25) is 19.4 Å². The molecule has 4 aromatic rings. The quantitative estimate of drug-likeness (QED) is 0.287. The van der Waals surface area contributed by atoms with Crippen molar-refractivity contribution < 1.29 is 27.9 Å². The summed E-state index contributed by atoms with van der Waals surface area (Å²) in [7, 11) is 1.56. The van der Waals surface area contributed by atoms with Crippen LogP contribution in [-0.2, 0) is 30.9 Å². The van der Waals surface area contributed by atoms with Crippen molar-refractivity contribution in [1.29, 1.82) is 0 Å². The third-order valence-electron chi connectivity index (χ3n) is 6.78. The first kappa shape index (κ1) is 30.1. The maximum atomic E-state index is 14.0. The van der Waals surface area contributed by atoms with Crippen LogP contribution in [0.5, 0.6) is 0 Å². The normalized spacial score (nSPS) is 12.5. The maximum absolute atomic E-state index is 14.0. The van der Waals surface area contributed by atoms with Gasteiger partial charge in [0.2, 0.25) is 0 Å². The van der Waals surface area contributed by atoms with Gasteiger partial charge < -0.3 is 15.0 Å². The minimum Gasteiger partial charge on any atom is -0.480 e. The predicted octanol–water partition coefficient (Wildman–Crippen LogP) is 6.22. The molecule has 2 N–H and O–H groups in total. The summed E-state index contributed by atoms with van der Waals surface area (Å²) in [5.41, 5.74) is 0.959. The lowest BCUT2D eigenvalue weighted by Crippen LogP contribution is -2.29. The number of hydrogen-bond acceptors (Lipinski definition) is 4. The molecule has 5 rings (SSSR count). The van der Waals surface area contributed by atoms with E-state index in [-0.39, 0.29) is 26.7 Å².